The zero-order valence-electron chi connectivity index (χ0n) is 12.5. The van der Waals surface area contributed by atoms with Crippen LogP contribution in [0.5, 0.6) is 0 Å². The van der Waals surface area contributed by atoms with Gasteiger partial charge in [-0.3, -0.25) is 4.79 Å². The van der Waals surface area contributed by atoms with Crippen LogP contribution in [0, 0.1) is 5.92 Å². The lowest BCUT2D eigenvalue weighted by atomic mass is 10.0. The van der Waals surface area contributed by atoms with E-state index < -0.39 is 6.04 Å². The maximum absolute atomic E-state index is 12.4. The number of nitrogens with zero attached hydrogens (tertiary/aromatic N) is 1. The van der Waals surface area contributed by atoms with Crippen LogP contribution in [0.2, 0.25) is 0 Å². The number of rotatable bonds is 3. The van der Waals surface area contributed by atoms with Crippen LogP contribution in [0.3, 0.4) is 0 Å². The number of hydrogen-bond acceptors (Lipinski definition) is 3. The predicted molar refractivity (Wildman–Crippen MR) is 79.1 cm³/mol. The highest BCUT2D eigenvalue weighted by Crippen LogP contribution is 2.25. The van der Waals surface area contributed by atoms with E-state index >= 15 is 0 Å². The minimum absolute atomic E-state index is 0.0241. The van der Waals surface area contributed by atoms with E-state index in [-0.39, 0.29) is 24.0 Å². The highest BCUT2D eigenvalue weighted by atomic mass is 16.5. The fourth-order valence-corrected chi connectivity index (χ4v) is 2.48. The van der Waals surface area contributed by atoms with Crippen molar-refractivity contribution < 1.29 is 9.53 Å². The predicted octanol–water partition coefficient (Wildman–Crippen LogP) is 1.96. The molecule has 4 heteroatoms. The molecule has 0 saturated carbocycles. The Morgan fingerprint density at radius 2 is 1.95 bits per heavy atom. The molecule has 1 amide bonds. The van der Waals surface area contributed by atoms with Gasteiger partial charge in [0.15, 0.2) is 0 Å². The van der Waals surface area contributed by atoms with E-state index in [4.69, 9.17) is 10.5 Å². The summed E-state index contributed by atoms with van der Waals surface area (Å²) in [4.78, 5) is 14.3. The van der Waals surface area contributed by atoms with Crippen LogP contribution >= 0.6 is 0 Å². The summed E-state index contributed by atoms with van der Waals surface area (Å²) in [6.07, 6.45) is -0.0412. The molecule has 4 nitrogen and oxygen atoms in total. The van der Waals surface area contributed by atoms with Crippen molar-refractivity contribution in [3.8, 4) is 0 Å². The minimum atomic E-state index is -0.434. The molecule has 1 aromatic carbocycles. The molecular weight excluding hydrogens is 252 g/mol. The summed E-state index contributed by atoms with van der Waals surface area (Å²) in [6.45, 7) is 7.13. The first-order valence-corrected chi connectivity index (χ1v) is 7.23. The van der Waals surface area contributed by atoms with Gasteiger partial charge in [-0.05, 0) is 18.4 Å². The summed E-state index contributed by atoms with van der Waals surface area (Å²) in [5.41, 5.74) is 7.09. The van der Waals surface area contributed by atoms with Gasteiger partial charge in [0, 0.05) is 6.54 Å². The number of nitrogens with two attached hydrogens (primary N) is 1. The molecule has 2 rings (SSSR count). The number of hydrogen-bond donors (Lipinski definition) is 1. The van der Waals surface area contributed by atoms with Gasteiger partial charge in [0.25, 0.3) is 0 Å². The average Bonchev–Trinajstić information content (AvgIpc) is 2.45. The second-order valence-electron chi connectivity index (χ2n) is 5.86. The van der Waals surface area contributed by atoms with Crippen molar-refractivity contribution >= 4 is 5.91 Å². The third kappa shape index (κ3) is 3.38. The molecule has 0 aliphatic carbocycles. The summed E-state index contributed by atoms with van der Waals surface area (Å²) in [7, 11) is 0. The molecule has 1 aliphatic rings. The number of amides is 1. The zero-order chi connectivity index (χ0) is 14.7. The van der Waals surface area contributed by atoms with Crippen molar-refractivity contribution in [1.29, 1.82) is 0 Å². The largest absolute Gasteiger partial charge is 0.367 e. The average molecular weight is 276 g/mol. The minimum Gasteiger partial charge on any atom is -0.367 e. The first kappa shape index (κ1) is 15.0. The van der Waals surface area contributed by atoms with Gasteiger partial charge in [-0.15, -0.1) is 0 Å². The lowest BCUT2D eigenvalue weighted by Gasteiger charge is -2.38. The van der Waals surface area contributed by atoms with E-state index in [0.717, 1.165) is 5.56 Å². The molecular formula is C16H24N2O2. The van der Waals surface area contributed by atoms with E-state index in [1.54, 1.807) is 0 Å². The standard InChI is InChI=1S/C16H24N2O2/c1-11(2)15(17)16(19)18-9-12(3)20-14(10-18)13-7-5-4-6-8-13/h4-8,11-12,14-15H,9-10,17H2,1-3H3/t12?,14?,15-/m0/s1. The summed E-state index contributed by atoms with van der Waals surface area (Å²) in [6, 6.07) is 9.60. The molecule has 20 heavy (non-hydrogen) atoms. The van der Waals surface area contributed by atoms with Gasteiger partial charge in [0.1, 0.15) is 6.10 Å². The molecule has 2 unspecified atom stereocenters. The smallest absolute Gasteiger partial charge is 0.239 e. The fourth-order valence-electron chi connectivity index (χ4n) is 2.48. The van der Waals surface area contributed by atoms with Crippen molar-refractivity contribution in [1.82, 2.24) is 4.90 Å². The van der Waals surface area contributed by atoms with E-state index in [1.165, 1.54) is 0 Å². The first-order valence-electron chi connectivity index (χ1n) is 7.23. The molecule has 0 spiro atoms. The Labute approximate surface area is 120 Å². The molecule has 1 aliphatic heterocycles. The monoisotopic (exact) mass is 276 g/mol. The van der Waals surface area contributed by atoms with Gasteiger partial charge in [-0.25, -0.2) is 0 Å². The molecule has 0 radical (unpaired) electrons. The molecule has 110 valence electrons. The normalized spacial score (nSPS) is 24.8. The zero-order valence-corrected chi connectivity index (χ0v) is 12.5. The molecule has 1 aromatic rings. The maximum atomic E-state index is 12.4. The van der Waals surface area contributed by atoms with E-state index in [2.05, 4.69) is 0 Å². The van der Waals surface area contributed by atoms with Gasteiger partial charge in [-0.1, -0.05) is 44.2 Å². The lowest BCUT2D eigenvalue weighted by Crippen LogP contribution is -2.53. The molecule has 1 fully saturated rings. The van der Waals surface area contributed by atoms with Gasteiger partial charge in [0.2, 0.25) is 5.91 Å². The van der Waals surface area contributed by atoms with E-state index in [9.17, 15) is 4.79 Å². The third-order valence-corrected chi connectivity index (χ3v) is 3.75. The molecule has 3 atom stereocenters. The summed E-state index contributed by atoms with van der Waals surface area (Å²) in [5, 5.41) is 0. The Morgan fingerprint density at radius 3 is 2.55 bits per heavy atom. The van der Waals surface area contributed by atoms with Crippen molar-refractivity contribution in [2.45, 2.75) is 39.0 Å². The van der Waals surface area contributed by atoms with Crippen LogP contribution in [0.1, 0.15) is 32.4 Å². The van der Waals surface area contributed by atoms with Crippen LogP contribution in [0.4, 0.5) is 0 Å². The summed E-state index contributed by atoms with van der Waals surface area (Å²) >= 11 is 0. The molecule has 1 saturated heterocycles. The van der Waals surface area contributed by atoms with Crippen LogP contribution in [-0.4, -0.2) is 36.0 Å². The van der Waals surface area contributed by atoms with Crippen molar-refractivity contribution in [3.63, 3.8) is 0 Å². The quantitative estimate of drug-likeness (QED) is 0.918. The Hall–Kier alpha value is -1.39. The molecule has 2 N–H and O–H groups in total. The maximum Gasteiger partial charge on any atom is 0.239 e. The van der Waals surface area contributed by atoms with E-state index in [0.29, 0.717) is 13.1 Å². The lowest BCUT2D eigenvalue weighted by molar-refractivity contribution is -0.147. The molecule has 0 bridgehead atoms. The number of carbonyl (C=O) groups is 1. The highest BCUT2D eigenvalue weighted by molar-refractivity contribution is 5.82. The van der Waals surface area contributed by atoms with Crippen molar-refractivity contribution in [2.24, 2.45) is 11.7 Å². The number of benzene rings is 1. The Kier molecular flexibility index (Phi) is 4.78. The molecule has 0 aromatic heterocycles. The number of carbonyl (C=O) groups excluding carboxylic acids is 1. The SMILES string of the molecule is CC1CN(C(=O)[C@@H](N)C(C)C)CC(c2ccccc2)O1. The van der Waals surface area contributed by atoms with Gasteiger partial charge < -0.3 is 15.4 Å². The number of ether oxygens (including phenoxy) is 1. The summed E-state index contributed by atoms with van der Waals surface area (Å²) in [5.74, 6) is 0.173. The second kappa shape index (κ2) is 6.37. The van der Waals surface area contributed by atoms with Crippen LogP contribution in [-0.2, 0) is 9.53 Å². The Morgan fingerprint density at radius 1 is 1.30 bits per heavy atom. The van der Waals surface area contributed by atoms with Crippen molar-refractivity contribution in [2.75, 3.05) is 13.1 Å². The van der Waals surface area contributed by atoms with E-state index in [1.807, 2.05) is 56.0 Å². The first-order chi connectivity index (χ1) is 9.49. The Bertz CT molecular complexity index is 447. The fraction of sp³-hybridized carbons (Fsp3) is 0.562. The second-order valence-corrected chi connectivity index (χ2v) is 5.86. The van der Waals surface area contributed by atoms with Crippen LogP contribution < -0.4 is 5.73 Å². The van der Waals surface area contributed by atoms with Crippen LogP contribution in [0.25, 0.3) is 0 Å². The van der Waals surface area contributed by atoms with Gasteiger partial charge in [-0.2, -0.15) is 0 Å². The Balaban J connectivity index is 2.11. The highest BCUT2D eigenvalue weighted by Gasteiger charge is 2.32. The van der Waals surface area contributed by atoms with Crippen LogP contribution in [0.15, 0.2) is 30.3 Å². The van der Waals surface area contributed by atoms with Crippen molar-refractivity contribution in [3.05, 3.63) is 35.9 Å². The number of morpholine rings is 1. The summed E-state index contributed by atoms with van der Waals surface area (Å²) < 4.78 is 5.96. The van der Waals surface area contributed by atoms with Gasteiger partial charge >= 0.3 is 0 Å². The van der Waals surface area contributed by atoms with Gasteiger partial charge in [0.05, 0.1) is 18.7 Å². The third-order valence-electron chi connectivity index (χ3n) is 3.75. The molecule has 1 heterocycles. The topological polar surface area (TPSA) is 55.6 Å².